The van der Waals surface area contributed by atoms with Crippen LogP contribution in [0.15, 0.2) is 40.9 Å². The van der Waals surface area contributed by atoms with E-state index in [1.165, 1.54) is 18.2 Å². The van der Waals surface area contributed by atoms with Crippen molar-refractivity contribution in [1.82, 2.24) is 0 Å². The molecule has 0 saturated carbocycles. The second kappa shape index (κ2) is 5.29. The molecule has 0 aromatic heterocycles. The molecule has 2 aromatic carbocycles. The van der Waals surface area contributed by atoms with Crippen LogP contribution in [-0.4, -0.2) is 11.8 Å². The van der Waals surface area contributed by atoms with Crippen LogP contribution in [0.4, 0.5) is 15.8 Å². The summed E-state index contributed by atoms with van der Waals surface area (Å²) in [6.07, 6.45) is 0.326. The van der Waals surface area contributed by atoms with E-state index in [2.05, 4.69) is 26.6 Å². The number of hydrogen-bond donors (Lipinski definition) is 2. The predicted octanol–water partition coefficient (Wildman–Crippen LogP) is 3.34. The van der Waals surface area contributed by atoms with Gasteiger partial charge in [0.25, 0.3) is 5.91 Å². The average molecular weight is 349 g/mol. The molecule has 0 atom stereocenters. The van der Waals surface area contributed by atoms with Gasteiger partial charge in [0.15, 0.2) is 0 Å². The average Bonchev–Trinajstić information content (AvgIpc) is 2.81. The molecule has 3 rings (SSSR count). The number of benzene rings is 2. The highest BCUT2D eigenvalue weighted by atomic mass is 79.9. The van der Waals surface area contributed by atoms with Gasteiger partial charge in [0, 0.05) is 15.7 Å². The fraction of sp³-hybridized carbons (Fsp3) is 0.0667. The molecule has 21 heavy (non-hydrogen) atoms. The molecule has 0 saturated heterocycles. The second-order valence-electron chi connectivity index (χ2n) is 4.68. The summed E-state index contributed by atoms with van der Waals surface area (Å²) in [6, 6.07) is 9.04. The van der Waals surface area contributed by atoms with Gasteiger partial charge >= 0.3 is 0 Å². The van der Waals surface area contributed by atoms with E-state index < -0.39 is 5.82 Å². The standard InChI is InChI=1S/C15H10BrFN2O2/c16-11-4-3-10(17)7-13(11)19-15(21)9-2-1-8-6-14(20)18-12(8)5-9/h1-5,7H,6H2,(H,18,20)(H,19,21). The van der Waals surface area contributed by atoms with E-state index in [1.807, 2.05) is 0 Å². The Kier molecular flexibility index (Phi) is 3.47. The van der Waals surface area contributed by atoms with Gasteiger partial charge in [-0.1, -0.05) is 6.07 Å². The molecule has 0 unspecified atom stereocenters. The van der Waals surface area contributed by atoms with Crippen molar-refractivity contribution >= 4 is 39.1 Å². The Morgan fingerprint density at radius 3 is 2.86 bits per heavy atom. The molecule has 2 amide bonds. The number of fused-ring (bicyclic) bond motifs is 1. The number of nitrogens with one attached hydrogen (secondary N) is 2. The zero-order chi connectivity index (χ0) is 15.0. The highest BCUT2D eigenvalue weighted by Crippen LogP contribution is 2.26. The van der Waals surface area contributed by atoms with Crippen LogP contribution in [0.25, 0.3) is 0 Å². The summed E-state index contributed by atoms with van der Waals surface area (Å²) < 4.78 is 13.8. The third-order valence-electron chi connectivity index (χ3n) is 3.17. The van der Waals surface area contributed by atoms with Crippen LogP contribution in [-0.2, 0) is 11.2 Å². The minimum Gasteiger partial charge on any atom is -0.326 e. The minimum absolute atomic E-state index is 0.0876. The van der Waals surface area contributed by atoms with Crippen LogP contribution in [0.5, 0.6) is 0 Å². The molecule has 6 heteroatoms. The normalized spacial score (nSPS) is 12.8. The summed E-state index contributed by atoms with van der Waals surface area (Å²) in [6.45, 7) is 0. The maximum Gasteiger partial charge on any atom is 0.255 e. The van der Waals surface area contributed by atoms with E-state index in [1.54, 1.807) is 18.2 Å². The number of carbonyl (C=O) groups is 2. The molecule has 1 aliphatic heterocycles. The van der Waals surface area contributed by atoms with Gasteiger partial charge in [0.2, 0.25) is 5.91 Å². The van der Waals surface area contributed by atoms with Crippen molar-refractivity contribution in [3.63, 3.8) is 0 Å². The summed E-state index contributed by atoms with van der Waals surface area (Å²) in [5, 5.41) is 5.32. The summed E-state index contributed by atoms with van der Waals surface area (Å²) in [7, 11) is 0. The van der Waals surface area contributed by atoms with Gasteiger partial charge in [-0.3, -0.25) is 9.59 Å². The fourth-order valence-corrected chi connectivity index (χ4v) is 2.49. The molecule has 0 radical (unpaired) electrons. The van der Waals surface area contributed by atoms with E-state index >= 15 is 0 Å². The zero-order valence-electron chi connectivity index (χ0n) is 10.7. The van der Waals surface area contributed by atoms with Gasteiger partial charge < -0.3 is 10.6 Å². The van der Waals surface area contributed by atoms with Gasteiger partial charge in [-0.25, -0.2) is 4.39 Å². The monoisotopic (exact) mass is 348 g/mol. The summed E-state index contributed by atoms with van der Waals surface area (Å²) >= 11 is 3.25. The topological polar surface area (TPSA) is 58.2 Å². The molecule has 106 valence electrons. The highest BCUT2D eigenvalue weighted by Gasteiger charge is 2.19. The fourth-order valence-electron chi connectivity index (χ4n) is 2.14. The first kappa shape index (κ1) is 13.8. The zero-order valence-corrected chi connectivity index (χ0v) is 12.3. The first-order valence-electron chi connectivity index (χ1n) is 6.22. The van der Waals surface area contributed by atoms with E-state index in [-0.39, 0.29) is 11.8 Å². The highest BCUT2D eigenvalue weighted by molar-refractivity contribution is 9.10. The quantitative estimate of drug-likeness (QED) is 0.874. The second-order valence-corrected chi connectivity index (χ2v) is 5.53. The molecule has 2 N–H and O–H groups in total. The Bertz CT molecular complexity index is 761. The van der Waals surface area contributed by atoms with Crippen molar-refractivity contribution in [2.45, 2.75) is 6.42 Å². The molecule has 1 aliphatic rings. The number of halogens is 2. The Hall–Kier alpha value is -2.21. The van der Waals surface area contributed by atoms with E-state index in [4.69, 9.17) is 0 Å². The lowest BCUT2D eigenvalue weighted by Gasteiger charge is -2.08. The molecule has 0 fully saturated rings. The van der Waals surface area contributed by atoms with E-state index in [0.29, 0.717) is 27.8 Å². The molecule has 0 aliphatic carbocycles. The Balaban J connectivity index is 1.85. The van der Waals surface area contributed by atoms with Crippen molar-refractivity contribution < 1.29 is 14.0 Å². The maximum atomic E-state index is 13.2. The van der Waals surface area contributed by atoms with Gasteiger partial charge in [0.1, 0.15) is 5.82 Å². The Morgan fingerprint density at radius 1 is 1.24 bits per heavy atom. The lowest BCUT2D eigenvalue weighted by atomic mass is 10.1. The summed E-state index contributed by atoms with van der Waals surface area (Å²) in [5.41, 5.74) is 2.26. The number of rotatable bonds is 2. The van der Waals surface area contributed by atoms with E-state index in [0.717, 1.165) is 5.56 Å². The minimum atomic E-state index is -0.435. The van der Waals surface area contributed by atoms with Gasteiger partial charge in [-0.15, -0.1) is 0 Å². The van der Waals surface area contributed by atoms with Crippen molar-refractivity contribution in [2.24, 2.45) is 0 Å². The lowest BCUT2D eigenvalue weighted by molar-refractivity contribution is -0.115. The van der Waals surface area contributed by atoms with Crippen LogP contribution in [0.1, 0.15) is 15.9 Å². The van der Waals surface area contributed by atoms with Crippen molar-refractivity contribution in [3.8, 4) is 0 Å². The van der Waals surface area contributed by atoms with E-state index in [9.17, 15) is 14.0 Å². The smallest absolute Gasteiger partial charge is 0.255 e. The Labute approximate surface area is 128 Å². The van der Waals surface area contributed by atoms with Crippen molar-refractivity contribution in [3.05, 3.63) is 57.8 Å². The van der Waals surface area contributed by atoms with Crippen molar-refractivity contribution in [1.29, 1.82) is 0 Å². The number of amides is 2. The molecule has 1 heterocycles. The maximum absolute atomic E-state index is 13.2. The van der Waals surface area contributed by atoms with Gasteiger partial charge in [-0.2, -0.15) is 0 Å². The van der Waals surface area contributed by atoms with Crippen molar-refractivity contribution in [2.75, 3.05) is 10.6 Å². The molecule has 4 nitrogen and oxygen atoms in total. The number of anilines is 2. The molecular formula is C15H10BrFN2O2. The molecule has 0 bridgehead atoms. The Morgan fingerprint density at radius 2 is 2.05 bits per heavy atom. The van der Waals surface area contributed by atoms with Crippen LogP contribution in [0.3, 0.4) is 0 Å². The molecular weight excluding hydrogens is 339 g/mol. The molecule has 2 aromatic rings. The van der Waals surface area contributed by atoms with Gasteiger partial charge in [0.05, 0.1) is 12.1 Å². The summed E-state index contributed by atoms with van der Waals surface area (Å²) in [4.78, 5) is 23.5. The van der Waals surface area contributed by atoms with Crippen LogP contribution < -0.4 is 10.6 Å². The predicted molar refractivity (Wildman–Crippen MR) is 80.8 cm³/mol. The first-order valence-corrected chi connectivity index (χ1v) is 7.01. The lowest BCUT2D eigenvalue weighted by Crippen LogP contribution is -2.12. The van der Waals surface area contributed by atoms with Crippen LogP contribution >= 0.6 is 15.9 Å². The number of hydrogen-bond acceptors (Lipinski definition) is 2. The van der Waals surface area contributed by atoms with Crippen LogP contribution in [0.2, 0.25) is 0 Å². The third kappa shape index (κ3) is 2.80. The summed E-state index contributed by atoms with van der Waals surface area (Å²) in [5.74, 6) is -0.893. The third-order valence-corrected chi connectivity index (χ3v) is 3.87. The number of carbonyl (C=O) groups excluding carboxylic acids is 2. The molecule has 0 spiro atoms. The van der Waals surface area contributed by atoms with Crippen LogP contribution in [0, 0.1) is 5.82 Å². The largest absolute Gasteiger partial charge is 0.326 e. The first-order chi connectivity index (χ1) is 10.0. The van der Waals surface area contributed by atoms with Gasteiger partial charge in [-0.05, 0) is 51.8 Å². The SMILES string of the molecule is O=C1Cc2ccc(C(=O)Nc3cc(F)ccc3Br)cc2N1.